The number of para-hydroxylation sites is 1. The lowest BCUT2D eigenvalue weighted by molar-refractivity contribution is 0.0945. The van der Waals surface area contributed by atoms with Crippen molar-refractivity contribution in [2.75, 3.05) is 14.2 Å². The number of methoxy groups -OCH3 is 2. The van der Waals surface area contributed by atoms with Crippen molar-refractivity contribution in [3.05, 3.63) is 59.7 Å². The highest BCUT2D eigenvalue weighted by Crippen LogP contribution is 2.30. The molecule has 3 rings (SSSR count). The number of pyridine rings is 1. The zero-order valence-electron chi connectivity index (χ0n) is 18.2. The molecule has 9 heteroatoms. The van der Waals surface area contributed by atoms with Crippen LogP contribution in [0.1, 0.15) is 35.6 Å². The van der Waals surface area contributed by atoms with Crippen molar-refractivity contribution >= 4 is 17.7 Å². The third-order valence-corrected chi connectivity index (χ3v) is 5.55. The molecule has 1 amide bonds. The van der Waals surface area contributed by atoms with E-state index in [2.05, 4.69) is 38.9 Å². The number of aromatic nitrogens is 4. The number of carbonyl (C=O) groups is 1. The van der Waals surface area contributed by atoms with E-state index in [4.69, 9.17) is 9.47 Å². The van der Waals surface area contributed by atoms with Crippen LogP contribution in [0.5, 0.6) is 11.5 Å². The summed E-state index contributed by atoms with van der Waals surface area (Å²) in [6.07, 6.45) is 3.56. The first kappa shape index (κ1) is 22.6. The van der Waals surface area contributed by atoms with Crippen molar-refractivity contribution in [1.82, 2.24) is 25.1 Å². The van der Waals surface area contributed by atoms with Gasteiger partial charge in [-0.2, -0.15) is 0 Å². The molecule has 31 heavy (non-hydrogen) atoms. The van der Waals surface area contributed by atoms with E-state index < -0.39 is 0 Å². The minimum atomic E-state index is -0.263. The van der Waals surface area contributed by atoms with E-state index in [1.54, 1.807) is 49.5 Å². The number of ether oxygens (including phenoxy) is 2. The van der Waals surface area contributed by atoms with Gasteiger partial charge in [0.05, 0.1) is 26.3 Å². The molecule has 1 N–H and O–H groups in total. The monoisotopic (exact) mass is 441 g/mol. The van der Waals surface area contributed by atoms with E-state index >= 15 is 0 Å². The molecule has 0 fully saturated rings. The second-order valence-corrected chi connectivity index (χ2v) is 8.21. The van der Waals surface area contributed by atoms with Crippen LogP contribution in [-0.2, 0) is 18.8 Å². The van der Waals surface area contributed by atoms with Crippen LogP contribution in [0, 0.1) is 5.92 Å². The molecule has 0 saturated carbocycles. The summed E-state index contributed by atoms with van der Waals surface area (Å²) in [4.78, 5) is 16.9. The van der Waals surface area contributed by atoms with Crippen LogP contribution in [0.2, 0.25) is 0 Å². The molecule has 0 saturated heterocycles. The molecule has 1 aromatic carbocycles. The maximum absolute atomic E-state index is 12.8. The molecule has 0 radical (unpaired) electrons. The Hall–Kier alpha value is -3.07. The number of benzene rings is 1. The quantitative estimate of drug-likeness (QED) is 0.481. The predicted octanol–water partition coefficient (Wildman–Crippen LogP) is 3.57. The van der Waals surface area contributed by atoms with Crippen LogP contribution in [-0.4, -0.2) is 39.9 Å². The summed E-state index contributed by atoms with van der Waals surface area (Å²) in [6.45, 7) is 5.30. The SMILES string of the molecule is COc1cccc(C(=O)NCc2nnc(SCc3ccncc3)n2CC(C)C)c1OC. The van der Waals surface area contributed by atoms with Gasteiger partial charge in [0, 0.05) is 24.7 Å². The van der Waals surface area contributed by atoms with Gasteiger partial charge in [-0.3, -0.25) is 9.78 Å². The smallest absolute Gasteiger partial charge is 0.255 e. The fraction of sp³-hybridized carbons (Fsp3) is 0.364. The number of rotatable bonds is 10. The summed E-state index contributed by atoms with van der Waals surface area (Å²) >= 11 is 1.62. The fourth-order valence-electron chi connectivity index (χ4n) is 3.05. The number of nitrogens with zero attached hydrogens (tertiary/aromatic N) is 4. The minimum absolute atomic E-state index is 0.259. The van der Waals surface area contributed by atoms with Gasteiger partial charge in [-0.1, -0.05) is 31.7 Å². The average Bonchev–Trinajstić information content (AvgIpc) is 3.16. The lowest BCUT2D eigenvalue weighted by Crippen LogP contribution is -2.26. The molecule has 0 aliphatic rings. The van der Waals surface area contributed by atoms with Gasteiger partial charge in [-0.25, -0.2) is 0 Å². The van der Waals surface area contributed by atoms with Crippen molar-refractivity contribution < 1.29 is 14.3 Å². The third kappa shape index (κ3) is 5.75. The molecule has 3 aromatic rings. The molecule has 164 valence electrons. The Morgan fingerprint density at radius 2 is 1.90 bits per heavy atom. The average molecular weight is 442 g/mol. The first-order valence-electron chi connectivity index (χ1n) is 9.96. The third-order valence-electron chi connectivity index (χ3n) is 4.51. The van der Waals surface area contributed by atoms with Crippen molar-refractivity contribution in [2.24, 2.45) is 5.92 Å². The Bertz CT molecular complexity index is 1010. The molecule has 2 heterocycles. The zero-order chi connectivity index (χ0) is 22.2. The molecular formula is C22H27N5O3S. The maximum atomic E-state index is 12.8. The Morgan fingerprint density at radius 3 is 2.58 bits per heavy atom. The second-order valence-electron chi connectivity index (χ2n) is 7.27. The van der Waals surface area contributed by atoms with Gasteiger partial charge in [-0.15, -0.1) is 10.2 Å². The highest BCUT2D eigenvalue weighted by atomic mass is 32.2. The predicted molar refractivity (Wildman–Crippen MR) is 119 cm³/mol. The molecule has 0 unspecified atom stereocenters. The van der Waals surface area contributed by atoms with Gasteiger partial charge >= 0.3 is 0 Å². The molecule has 0 aliphatic carbocycles. The minimum Gasteiger partial charge on any atom is -0.493 e. The van der Waals surface area contributed by atoms with Crippen LogP contribution in [0.25, 0.3) is 0 Å². The van der Waals surface area contributed by atoms with E-state index in [1.165, 1.54) is 12.7 Å². The van der Waals surface area contributed by atoms with Gasteiger partial charge in [0.1, 0.15) is 0 Å². The van der Waals surface area contributed by atoms with Gasteiger partial charge < -0.3 is 19.4 Å². The fourth-order valence-corrected chi connectivity index (χ4v) is 3.97. The highest BCUT2D eigenvalue weighted by Gasteiger charge is 2.19. The number of hydrogen-bond acceptors (Lipinski definition) is 7. The summed E-state index contributed by atoms with van der Waals surface area (Å²) < 4.78 is 12.7. The van der Waals surface area contributed by atoms with E-state index in [-0.39, 0.29) is 12.5 Å². The highest BCUT2D eigenvalue weighted by molar-refractivity contribution is 7.98. The zero-order valence-corrected chi connectivity index (χ0v) is 19.0. The first-order chi connectivity index (χ1) is 15.0. The Morgan fingerprint density at radius 1 is 1.13 bits per heavy atom. The van der Waals surface area contributed by atoms with Crippen molar-refractivity contribution in [3.63, 3.8) is 0 Å². The van der Waals surface area contributed by atoms with Crippen molar-refractivity contribution in [1.29, 1.82) is 0 Å². The standard InChI is InChI=1S/C22H27N5O3S/c1-15(2)13-27-19(25-26-22(27)31-14-16-8-10-23-11-9-16)12-24-21(28)17-6-5-7-18(29-3)20(17)30-4/h5-11,15H,12-14H2,1-4H3,(H,24,28). The molecule has 0 atom stereocenters. The lowest BCUT2D eigenvalue weighted by atomic mass is 10.1. The number of carbonyl (C=O) groups excluding carboxylic acids is 1. The van der Waals surface area contributed by atoms with E-state index in [0.717, 1.165) is 17.5 Å². The number of thioether (sulfide) groups is 1. The summed E-state index contributed by atoms with van der Waals surface area (Å²) in [5.74, 6) is 2.53. The second kappa shape index (κ2) is 10.8. The summed E-state index contributed by atoms with van der Waals surface area (Å²) in [7, 11) is 3.05. The largest absolute Gasteiger partial charge is 0.493 e. The van der Waals surface area contributed by atoms with Gasteiger partial charge in [0.2, 0.25) is 0 Å². The summed E-state index contributed by atoms with van der Waals surface area (Å²) in [5, 5.41) is 12.4. The van der Waals surface area contributed by atoms with Crippen molar-refractivity contribution in [2.45, 2.75) is 37.8 Å². The van der Waals surface area contributed by atoms with Gasteiger partial charge in [-0.05, 0) is 35.7 Å². The Kier molecular flexibility index (Phi) is 7.88. The van der Waals surface area contributed by atoms with Gasteiger partial charge in [0.25, 0.3) is 5.91 Å². The maximum Gasteiger partial charge on any atom is 0.255 e. The van der Waals surface area contributed by atoms with Crippen LogP contribution in [0.3, 0.4) is 0 Å². The molecule has 0 aliphatic heterocycles. The topological polar surface area (TPSA) is 91.2 Å². The number of amides is 1. The molecule has 0 bridgehead atoms. The molecule has 8 nitrogen and oxygen atoms in total. The van der Waals surface area contributed by atoms with Gasteiger partial charge in [0.15, 0.2) is 22.5 Å². The number of hydrogen-bond donors (Lipinski definition) is 1. The Balaban J connectivity index is 1.74. The molecule has 2 aromatic heterocycles. The van der Waals surface area contributed by atoms with Crippen LogP contribution >= 0.6 is 11.8 Å². The van der Waals surface area contributed by atoms with E-state index in [1.807, 2.05) is 12.1 Å². The van der Waals surface area contributed by atoms with Crippen molar-refractivity contribution in [3.8, 4) is 11.5 Å². The number of nitrogens with one attached hydrogen (secondary N) is 1. The molecular weight excluding hydrogens is 414 g/mol. The van der Waals surface area contributed by atoms with Crippen LogP contribution in [0.15, 0.2) is 47.9 Å². The molecule has 0 spiro atoms. The van der Waals surface area contributed by atoms with E-state index in [0.29, 0.717) is 28.8 Å². The summed E-state index contributed by atoms with van der Waals surface area (Å²) in [5.41, 5.74) is 1.57. The summed E-state index contributed by atoms with van der Waals surface area (Å²) in [6, 6.07) is 9.18. The van der Waals surface area contributed by atoms with Crippen LogP contribution < -0.4 is 14.8 Å². The lowest BCUT2D eigenvalue weighted by Gasteiger charge is -2.14. The Labute approximate surface area is 186 Å². The normalized spacial score (nSPS) is 10.9. The first-order valence-corrected chi connectivity index (χ1v) is 10.9. The van der Waals surface area contributed by atoms with Crippen LogP contribution in [0.4, 0.5) is 0 Å². The van der Waals surface area contributed by atoms with E-state index in [9.17, 15) is 4.79 Å².